The molecule has 1 fully saturated rings. The third-order valence-corrected chi connectivity index (χ3v) is 5.57. The van der Waals surface area contributed by atoms with Crippen molar-refractivity contribution < 1.29 is 49.4 Å². The second kappa shape index (κ2) is 7.96. The molecule has 0 bridgehead atoms. The predicted octanol–water partition coefficient (Wildman–Crippen LogP) is 5.27. The van der Waals surface area contributed by atoms with E-state index >= 15 is 0 Å². The van der Waals surface area contributed by atoms with Gasteiger partial charge in [0.1, 0.15) is 0 Å². The van der Waals surface area contributed by atoms with E-state index in [0.717, 1.165) is 0 Å². The molecule has 2 heterocycles. The summed E-state index contributed by atoms with van der Waals surface area (Å²) in [5, 5.41) is 3.38. The van der Waals surface area contributed by atoms with Crippen molar-refractivity contribution >= 4 is 5.97 Å². The molecule has 3 atom stereocenters. The highest BCUT2D eigenvalue weighted by Crippen LogP contribution is 2.51. The van der Waals surface area contributed by atoms with Crippen molar-refractivity contribution in [1.29, 1.82) is 0 Å². The van der Waals surface area contributed by atoms with E-state index in [2.05, 4.69) is 9.84 Å². The first-order valence-corrected chi connectivity index (χ1v) is 9.79. The minimum Gasteiger partial charge on any atom is -0.447 e. The Morgan fingerprint density at radius 1 is 1.12 bits per heavy atom. The molecule has 0 spiro atoms. The molecule has 33 heavy (non-hydrogen) atoms. The lowest BCUT2D eigenvalue weighted by Crippen LogP contribution is -2.39. The van der Waals surface area contributed by atoms with Crippen LogP contribution in [0, 0.1) is 0 Å². The number of carbonyl (C=O) groups excluding carboxylic acids is 1. The van der Waals surface area contributed by atoms with Crippen LogP contribution in [-0.4, -0.2) is 40.6 Å². The number of fused-ring (bicyclic) bond motifs is 1. The Kier molecular flexibility index (Phi) is 5.66. The third-order valence-electron chi connectivity index (χ3n) is 5.57. The summed E-state index contributed by atoms with van der Waals surface area (Å²) in [6.45, 7) is -0.437. The van der Waals surface area contributed by atoms with Crippen molar-refractivity contribution in [1.82, 2.24) is 9.78 Å². The Morgan fingerprint density at radius 3 is 2.39 bits per heavy atom. The fourth-order valence-electron chi connectivity index (χ4n) is 4.10. The van der Waals surface area contributed by atoms with Gasteiger partial charge in [0.25, 0.3) is 5.92 Å². The van der Waals surface area contributed by atoms with Gasteiger partial charge in [-0.15, -0.1) is 0 Å². The van der Waals surface area contributed by atoms with E-state index in [1.807, 2.05) is 0 Å². The van der Waals surface area contributed by atoms with E-state index in [4.69, 9.17) is 4.74 Å². The molecule has 13 heteroatoms. The number of rotatable bonds is 3. The van der Waals surface area contributed by atoms with Crippen LogP contribution in [0.25, 0.3) is 0 Å². The summed E-state index contributed by atoms with van der Waals surface area (Å²) in [5.41, 5.74) is -3.51. The zero-order valence-corrected chi connectivity index (χ0v) is 16.6. The van der Waals surface area contributed by atoms with Crippen molar-refractivity contribution in [3.05, 3.63) is 52.8 Å². The maximum atomic E-state index is 14.8. The summed E-state index contributed by atoms with van der Waals surface area (Å²) in [5.74, 6) is -5.19. The fourth-order valence-corrected chi connectivity index (χ4v) is 4.10. The van der Waals surface area contributed by atoms with Crippen LogP contribution in [0.15, 0.2) is 30.3 Å². The van der Waals surface area contributed by atoms with Crippen LogP contribution in [0.5, 0.6) is 0 Å². The molecule has 2 aromatic rings. The molecule has 2 aliphatic rings. The van der Waals surface area contributed by atoms with Gasteiger partial charge < -0.3 is 9.47 Å². The van der Waals surface area contributed by atoms with E-state index in [0.29, 0.717) is 4.68 Å². The smallest absolute Gasteiger partial charge is 0.435 e. The summed E-state index contributed by atoms with van der Waals surface area (Å²) in [7, 11) is 0. The first-order chi connectivity index (χ1) is 15.3. The molecule has 180 valence electrons. The lowest BCUT2D eigenvalue weighted by Gasteiger charge is -2.31. The minimum atomic E-state index is -5.21. The first-order valence-electron chi connectivity index (χ1n) is 9.79. The number of hydrogen-bond acceptors (Lipinski definition) is 4. The average Bonchev–Trinajstić information content (AvgIpc) is 3.21. The fraction of sp³-hybridized carbons (Fsp3) is 0.500. The van der Waals surface area contributed by atoms with Crippen LogP contribution < -0.4 is 0 Å². The summed E-state index contributed by atoms with van der Waals surface area (Å²) in [6.07, 6.45) is -17.1. The maximum Gasteiger partial charge on any atom is 0.435 e. The number of halogens is 8. The summed E-state index contributed by atoms with van der Waals surface area (Å²) >= 11 is 0. The minimum absolute atomic E-state index is 0.153. The van der Waals surface area contributed by atoms with Crippen LogP contribution in [0.4, 0.5) is 35.1 Å². The number of aromatic nitrogens is 2. The van der Waals surface area contributed by atoms with Gasteiger partial charge >= 0.3 is 18.3 Å². The standard InChI is InChI=1S/C20H16F8N2O3/c21-18(22)9-12-14(16(18)33-17(31)10-4-2-1-3-5-10)15(20(26,27)28)29-30(12)11-6-7-32-13(8-11)19(23,24)25/h1-5,11,13,16H,6-9H2/t11-,13-,16-/m0/s1. The molecule has 1 aromatic heterocycles. The Hall–Kier alpha value is -2.70. The number of carbonyl (C=O) groups is 1. The van der Waals surface area contributed by atoms with Crippen LogP contribution in [-0.2, 0) is 22.1 Å². The van der Waals surface area contributed by atoms with Crippen molar-refractivity contribution in [2.45, 2.75) is 55.8 Å². The maximum absolute atomic E-state index is 14.8. The highest BCUT2D eigenvalue weighted by Gasteiger charge is 2.58. The van der Waals surface area contributed by atoms with Gasteiger partial charge in [0, 0.05) is 13.0 Å². The topological polar surface area (TPSA) is 53.3 Å². The second-order valence-electron chi connectivity index (χ2n) is 7.82. The van der Waals surface area contributed by atoms with Gasteiger partial charge in [-0.05, 0) is 18.6 Å². The van der Waals surface area contributed by atoms with E-state index < -0.39 is 78.9 Å². The van der Waals surface area contributed by atoms with Crippen molar-refractivity contribution in [3.63, 3.8) is 0 Å². The van der Waals surface area contributed by atoms with Crippen molar-refractivity contribution in [2.24, 2.45) is 0 Å². The lowest BCUT2D eigenvalue weighted by atomic mass is 10.0. The van der Waals surface area contributed by atoms with Crippen molar-refractivity contribution in [3.8, 4) is 0 Å². The molecule has 0 amide bonds. The zero-order chi connectivity index (χ0) is 24.2. The molecule has 1 aliphatic carbocycles. The van der Waals surface area contributed by atoms with Crippen LogP contribution in [0.1, 0.15) is 52.3 Å². The van der Waals surface area contributed by atoms with E-state index in [9.17, 15) is 39.9 Å². The van der Waals surface area contributed by atoms with Gasteiger partial charge in [-0.1, -0.05) is 18.2 Å². The van der Waals surface area contributed by atoms with E-state index in [-0.39, 0.29) is 12.0 Å². The molecule has 1 saturated heterocycles. The molecular formula is C20H16F8N2O3. The third kappa shape index (κ3) is 4.42. The zero-order valence-electron chi connectivity index (χ0n) is 16.6. The summed E-state index contributed by atoms with van der Waals surface area (Å²) < 4.78 is 120. The Morgan fingerprint density at radius 2 is 1.79 bits per heavy atom. The van der Waals surface area contributed by atoms with E-state index in [1.165, 1.54) is 30.3 Å². The predicted molar refractivity (Wildman–Crippen MR) is 94.5 cm³/mol. The molecule has 5 nitrogen and oxygen atoms in total. The number of ether oxygens (including phenoxy) is 2. The first kappa shape index (κ1) is 23.5. The average molecular weight is 484 g/mol. The SMILES string of the molecule is O=C(O[C@H]1c2c(C(F)(F)F)nn([C@H]3CCO[C@H](C(F)(F)F)C3)c2CC1(F)F)c1ccccc1. The largest absolute Gasteiger partial charge is 0.447 e. The normalized spacial score (nSPS) is 25.0. The number of esters is 1. The Bertz CT molecular complexity index is 1030. The van der Waals surface area contributed by atoms with Gasteiger partial charge in [0.15, 0.2) is 17.9 Å². The van der Waals surface area contributed by atoms with Gasteiger partial charge in [0.2, 0.25) is 0 Å². The second-order valence-corrected chi connectivity index (χ2v) is 7.82. The quantitative estimate of drug-likeness (QED) is 0.440. The molecule has 1 aliphatic heterocycles. The highest BCUT2D eigenvalue weighted by molar-refractivity contribution is 5.89. The molecule has 4 rings (SSSR count). The number of alkyl halides is 8. The van der Waals surface area contributed by atoms with Crippen LogP contribution in [0.2, 0.25) is 0 Å². The molecule has 0 radical (unpaired) electrons. The number of hydrogen-bond donors (Lipinski definition) is 0. The Balaban J connectivity index is 1.74. The molecule has 0 unspecified atom stereocenters. The van der Waals surface area contributed by atoms with Crippen LogP contribution in [0.3, 0.4) is 0 Å². The molecular weight excluding hydrogens is 468 g/mol. The highest BCUT2D eigenvalue weighted by atomic mass is 19.4. The number of nitrogens with zero attached hydrogens (tertiary/aromatic N) is 2. The summed E-state index contributed by atoms with van der Waals surface area (Å²) in [4.78, 5) is 12.3. The van der Waals surface area contributed by atoms with Gasteiger partial charge in [-0.2, -0.15) is 31.4 Å². The van der Waals surface area contributed by atoms with Gasteiger partial charge in [-0.25, -0.2) is 13.6 Å². The van der Waals surface area contributed by atoms with Gasteiger partial charge in [-0.3, -0.25) is 4.68 Å². The monoisotopic (exact) mass is 484 g/mol. The van der Waals surface area contributed by atoms with Crippen molar-refractivity contribution in [2.75, 3.05) is 6.61 Å². The lowest BCUT2D eigenvalue weighted by molar-refractivity contribution is -0.235. The van der Waals surface area contributed by atoms with Crippen LogP contribution >= 0.6 is 0 Å². The van der Waals surface area contributed by atoms with Gasteiger partial charge in [0.05, 0.1) is 29.3 Å². The number of benzene rings is 1. The summed E-state index contributed by atoms with van der Waals surface area (Å²) in [6, 6.07) is 5.59. The molecule has 0 saturated carbocycles. The molecule has 1 aromatic carbocycles. The molecule has 0 N–H and O–H groups in total. The Labute approximate surface area is 181 Å². The van der Waals surface area contributed by atoms with E-state index in [1.54, 1.807) is 0 Å².